The number of hydrogen-bond acceptors (Lipinski definition) is 9. The standard InChI is InChI=1S/C19H24N4O7/c1-22(9-10-4-5-11(28-2)12(8-10)29-3)17(26)16-14(24)15(25)18(30-16)23-7-6-13(20)21-19(23)27/h4-8,14-16,18,24-25H,9H2,1-3H3,(H2,20,21,27)/t14-,15+,16-,18+/m0/s1. The van der Waals surface area contributed by atoms with Crippen molar-refractivity contribution in [2.45, 2.75) is 31.1 Å². The number of amides is 1. The number of carbonyl (C=O) groups is 1. The average Bonchev–Trinajstić information content (AvgIpc) is 3.02. The number of likely N-dealkylation sites (N-methyl/N-ethyl adjacent to an activating group) is 1. The van der Waals surface area contributed by atoms with Crippen LogP contribution < -0.4 is 20.9 Å². The number of ether oxygens (including phenoxy) is 3. The first-order valence-corrected chi connectivity index (χ1v) is 9.09. The zero-order valence-corrected chi connectivity index (χ0v) is 16.8. The van der Waals surface area contributed by atoms with Gasteiger partial charge in [0.25, 0.3) is 5.91 Å². The second-order valence-corrected chi connectivity index (χ2v) is 6.85. The molecule has 0 saturated carbocycles. The van der Waals surface area contributed by atoms with Crippen LogP contribution in [0.15, 0.2) is 35.3 Å². The third-order valence-corrected chi connectivity index (χ3v) is 4.85. The Bertz CT molecular complexity index is 980. The number of rotatable bonds is 6. The first kappa shape index (κ1) is 21.6. The van der Waals surface area contributed by atoms with E-state index in [1.807, 2.05) is 0 Å². The van der Waals surface area contributed by atoms with Crippen molar-refractivity contribution in [3.8, 4) is 11.5 Å². The summed E-state index contributed by atoms with van der Waals surface area (Å²) in [5.41, 5.74) is 5.45. The molecule has 0 bridgehead atoms. The van der Waals surface area contributed by atoms with E-state index in [9.17, 15) is 19.8 Å². The number of carbonyl (C=O) groups excluding carboxylic acids is 1. The molecule has 1 aromatic heterocycles. The van der Waals surface area contributed by atoms with Gasteiger partial charge in [-0.15, -0.1) is 0 Å². The van der Waals surface area contributed by atoms with Gasteiger partial charge in [-0.2, -0.15) is 4.98 Å². The second kappa shape index (κ2) is 8.69. The topological polar surface area (TPSA) is 149 Å². The number of nitrogens with two attached hydrogens (primary N) is 1. The highest BCUT2D eigenvalue weighted by molar-refractivity contribution is 5.81. The van der Waals surface area contributed by atoms with Gasteiger partial charge in [0, 0.05) is 19.8 Å². The van der Waals surface area contributed by atoms with Crippen molar-refractivity contribution < 1.29 is 29.2 Å². The predicted molar refractivity (Wildman–Crippen MR) is 105 cm³/mol. The Balaban J connectivity index is 1.75. The van der Waals surface area contributed by atoms with Gasteiger partial charge < -0.3 is 35.1 Å². The molecule has 1 aliphatic heterocycles. The summed E-state index contributed by atoms with van der Waals surface area (Å²) < 4.78 is 17.0. The van der Waals surface area contributed by atoms with Crippen LogP contribution in [0.1, 0.15) is 11.8 Å². The molecule has 0 spiro atoms. The Morgan fingerprint density at radius 3 is 2.57 bits per heavy atom. The van der Waals surface area contributed by atoms with Crippen LogP contribution in [0.5, 0.6) is 11.5 Å². The molecule has 0 radical (unpaired) electrons. The van der Waals surface area contributed by atoms with E-state index in [4.69, 9.17) is 19.9 Å². The summed E-state index contributed by atoms with van der Waals surface area (Å²) in [5, 5.41) is 20.7. The Morgan fingerprint density at radius 1 is 1.23 bits per heavy atom. The summed E-state index contributed by atoms with van der Waals surface area (Å²) in [6.07, 6.45) is -4.38. The molecule has 0 unspecified atom stereocenters. The molecule has 11 heteroatoms. The van der Waals surface area contributed by atoms with Crippen LogP contribution >= 0.6 is 0 Å². The van der Waals surface area contributed by atoms with Crippen LogP contribution in [-0.2, 0) is 16.1 Å². The SMILES string of the molecule is COc1ccc(CN(C)C(=O)[C@H]2O[C@@H](n3ccc(N)nc3=O)[C@H](O)[C@@H]2O)cc1OC. The van der Waals surface area contributed by atoms with Crippen molar-refractivity contribution in [3.63, 3.8) is 0 Å². The van der Waals surface area contributed by atoms with Gasteiger partial charge in [0.2, 0.25) is 0 Å². The maximum absolute atomic E-state index is 12.8. The van der Waals surface area contributed by atoms with E-state index in [0.29, 0.717) is 11.5 Å². The molecule has 4 N–H and O–H groups in total. The number of nitrogen functional groups attached to an aromatic ring is 1. The number of hydrogen-bond donors (Lipinski definition) is 3. The second-order valence-electron chi connectivity index (χ2n) is 6.85. The molecule has 0 aliphatic carbocycles. The van der Waals surface area contributed by atoms with Gasteiger partial charge >= 0.3 is 5.69 Å². The van der Waals surface area contributed by atoms with Crippen LogP contribution in [0.2, 0.25) is 0 Å². The lowest BCUT2D eigenvalue weighted by Gasteiger charge is -2.23. The molecule has 1 saturated heterocycles. The number of benzene rings is 1. The van der Waals surface area contributed by atoms with Crippen LogP contribution in [0.4, 0.5) is 5.82 Å². The van der Waals surface area contributed by atoms with Crippen LogP contribution in [0.25, 0.3) is 0 Å². The number of methoxy groups -OCH3 is 2. The van der Waals surface area contributed by atoms with Crippen molar-refractivity contribution in [1.29, 1.82) is 0 Å². The Kier molecular flexibility index (Phi) is 6.25. The lowest BCUT2D eigenvalue weighted by atomic mass is 10.1. The third-order valence-electron chi connectivity index (χ3n) is 4.85. The molecule has 2 heterocycles. The molecule has 1 aliphatic rings. The van der Waals surface area contributed by atoms with E-state index < -0.39 is 36.1 Å². The van der Waals surface area contributed by atoms with Crippen molar-refractivity contribution >= 4 is 11.7 Å². The molecule has 2 aromatic rings. The summed E-state index contributed by atoms with van der Waals surface area (Å²) in [7, 11) is 4.57. The van der Waals surface area contributed by atoms with E-state index in [-0.39, 0.29) is 12.4 Å². The fourth-order valence-corrected chi connectivity index (χ4v) is 3.26. The van der Waals surface area contributed by atoms with Crippen molar-refractivity contribution in [1.82, 2.24) is 14.5 Å². The zero-order chi connectivity index (χ0) is 22.0. The van der Waals surface area contributed by atoms with E-state index in [1.165, 1.54) is 38.4 Å². The van der Waals surface area contributed by atoms with Gasteiger partial charge in [0.05, 0.1) is 14.2 Å². The maximum Gasteiger partial charge on any atom is 0.351 e. The minimum absolute atomic E-state index is 0.00608. The normalized spacial score (nSPS) is 23.2. The largest absolute Gasteiger partial charge is 0.493 e. The summed E-state index contributed by atoms with van der Waals surface area (Å²) in [6, 6.07) is 6.57. The Morgan fingerprint density at radius 2 is 1.93 bits per heavy atom. The number of anilines is 1. The Hall–Kier alpha value is -3.15. The minimum atomic E-state index is -1.53. The van der Waals surface area contributed by atoms with Crippen molar-refractivity contribution in [3.05, 3.63) is 46.5 Å². The minimum Gasteiger partial charge on any atom is -0.493 e. The van der Waals surface area contributed by atoms with Crippen LogP contribution in [0.3, 0.4) is 0 Å². The first-order valence-electron chi connectivity index (χ1n) is 9.09. The molecular formula is C19H24N4O7. The number of aliphatic hydroxyl groups is 2. The fourth-order valence-electron chi connectivity index (χ4n) is 3.26. The quantitative estimate of drug-likeness (QED) is 0.541. The van der Waals surface area contributed by atoms with Gasteiger partial charge in [-0.25, -0.2) is 4.79 Å². The first-order chi connectivity index (χ1) is 14.3. The smallest absolute Gasteiger partial charge is 0.351 e. The summed E-state index contributed by atoms with van der Waals surface area (Å²) in [5.74, 6) is 0.513. The number of nitrogens with zero attached hydrogens (tertiary/aromatic N) is 3. The molecule has 4 atom stereocenters. The molecule has 1 aromatic carbocycles. The fraction of sp³-hybridized carbons (Fsp3) is 0.421. The molecule has 1 fully saturated rings. The third kappa shape index (κ3) is 4.08. The highest BCUT2D eigenvalue weighted by atomic mass is 16.6. The van der Waals surface area contributed by atoms with Gasteiger partial charge in [-0.1, -0.05) is 6.07 Å². The predicted octanol–water partition coefficient (Wildman–Crippen LogP) is -0.879. The molecule has 162 valence electrons. The molecule has 11 nitrogen and oxygen atoms in total. The van der Waals surface area contributed by atoms with Gasteiger partial charge in [0.1, 0.15) is 18.0 Å². The number of aliphatic hydroxyl groups excluding tert-OH is 2. The molecule has 1 amide bonds. The van der Waals surface area contributed by atoms with Gasteiger partial charge in [0.15, 0.2) is 23.8 Å². The van der Waals surface area contributed by atoms with Gasteiger partial charge in [-0.05, 0) is 23.8 Å². The Labute approximate surface area is 172 Å². The maximum atomic E-state index is 12.8. The number of aromatic nitrogens is 2. The van der Waals surface area contributed by atoms with E-state index >= 15 is 0 Å². The van der Waals surface area contributed by atoms with Crippen LogP contribution in [0, 0.1) is 0 Å². The molecular weight excluding hydrogens is 396 g/mol. The molecule has 3 rings (SSSR count). The summed E-state index contributed by atoms with van der Waals surface area (Å²) >= 11 is 0. The highest BCUT2D eigenvalue weighted by Crippen LogP contribution is 2.31. The van der Waals surface area contributed by atoms with E-state index in [2.05, 4.69) is 4.98 Å². The molecule has 30 heavy (non-hydrogen) atoms. The van der Waals surface area contributed by atoms with Gasteiger partial charge in [-0.3, -0.25) is 9.36 Å². The van der Waals surface area contributed by atoms with Crippen LogP contribution in [-0.4, -0.2) is 70.2 Å². The lowest BCUT2D eigenvalue weighted by Crippen LogP contribution is -2.43. The average molecular weight is 420 g/mol. The van der Waals surface area contributed by atoms with Crippen molar-refractivity contribution in [2.24, 2.45) is 0 Å². The highest BCUT2D eigenvalue weighted by Gasteiger charge is 2.48. The van der Waals surface area contributed by atoms with Crippen molar-refractivity contribution in [2.75, 3.05) is 27.0 Å². The summed E-state index contributed by atoms with van der Waals surface area (Å²) in [6.45, 7) is 0.190. The lowest BCUT2D eigenvalue weighted by molar-refractivity contribution is -0.148. The van der Waals surface area contributed by atoms with E-state index in [0.717, 1.165) is 10.1 Å². The monoisotopic (exact) mass is 420 g/mol. The zero-order valence-electron chi connectivity index (χ0n) is 16.8. The summed E-state index contributed by atoms with van der Waals surface area (Å²) in [4.78, 5) is 29.8. The van der Waals surface area contributed by atoms with E-state index in [1.54, 1.807) is 18.2 Å².